The summed E-state index contributed by atoms with van der Waals surface area (Å²) >= 11 is 0. The maximum absolute atomic E-state index is 11.7. The second-order valence-electron chi connectivity index (χ2n) is 7.45. The predicted molar refractivity (Wildman–Crippen MR) is 122 cm³/mol. The SMILES string of the molecule is Cn1c(=O)ccc2cc(OCCNCc3cccnc3CCc3cccnc3)ccc21. The Labute approximate surface area is 181 Å². The molecule has 6 heteroatoms. The predicted octanol–water partition coefficient (Wildman–Crippen LogP) is 3.28. The van der Waals surface area contributed by atoms with Crippen LogP contribution in [0.4, 0.5) is 0 Å². The fraction of sp³-hybridized carbons (Fsp3) is 0.240. The van der Waals surface area contributed by atoms with E-state index in [9.17, 15) is 4.79 Å². The lowest BCUT2D eigenvalue weighted by Crippen LogP contribution is -2.21. The van der Waals surface area contributed by atoms with Crippen molar-refractivity contribution in [1.29, 1.82) is 0 Å². The van der Waals surface area contributed by atoms with Crippen LogP contribution in [-0.4, -0.2) is 27.7 Å². The Morgan fingerprint density at radius 3 is 2.81 bits per heavy atom. The third kappa shape index (κ3) is 5.35. The fourth-order valence-electron chi connectivity index (χ4n) is 3.58. The molecule has 3 aromatic heterocycles. The van der Waals surface area contributed by atoms with E-state index in [1.165, 1.54) is 11.1 Å². The number of fused-ring (bicyclic) bond motifs is 1. The van der Waals surface area contributed by atoms with Gasteiger partial charge in [-0.05, 0) is 60.4 Å². The number of hydrogen-bond donors (Lipinski definition) is 1. The van der Waals surface area contributed by atoms with Gasteiger partial charge in [-0.1, -0.05) is 12.1 Å². The second-order valence-corrected chi connectivity index (χ2v) is 7.45. The Hall–Kier alpha value is -3.51. The van der Waals surface area contributed by atoms with Crippen LogP contribution in [0.15, 0.2) is 78.0 Å². The van der Waals surface area contributed by atoms with Crippen LogP contribution in [0.1, 0.15) is 16.8 Å². The van der Waals surface area contributed by atoms with Crippen molar-refractivity contribution < 1.29 is 4.74 Å². The quantitative estimate of drug-likeness (QED) is 0.426. The van der Waals surface area contributed by atoms with Gasteiger partial charge in [-0.3, -0.25) is 14.8 Å². The minimum Gasteiger partial charge on any atom is -0.492 e. The van der Waals surface area contributed by atoms with Crippen molar-refractivity contribution in [1.82, 2.24) is 19.9 Å². The molecule has 0 aliphatic heterocycles. The molecule has 1 aromatic carbocycles. The molecule has 0 radical (unpaired) electrons. The standard InChI is InChI=1S/C25H26N4O2/c1-29-24-10-8-22(16-20(24)7-11-25(29)30)31-15-14-27-18-21-5-3-13-28-23(21)9-6-19-4-2-12-26-17-19/h2-5,7-8,10-13,16-17,27H,6,9,14-15,18H2,1H3. The van der Waals surface area contributed by atoms with Gasteiger partial charge in [-0.25, -0.2) is 0 Å². The van der Waals surface area contributed by atoms with Crippen LogP contribution in [0.2, 0.25) is 0 Å². The lowest BCUT2D eigenvalue weighted by molar-refractivity contribution is 0.314. The maximum Gasteiger partial charge on any atom is 0.250 e. The summed E-state index contributed by atoms with van der Waals surface area (Å²) in [5, 5.41) is 4.43. The molecule has 4 aromatic rings. The molecule has 4 rings (SSSR count). The molecule has 0 unspecified atom stereocenters. The van der Waals surface area contributed by atoms with E-state index in [2.05, 4.69) is 27.4 Å². The van der Waals surface area contributed by atoms with E-state index >= 15 is 0 Å². The van der Waals surface area contributed by atoms with Gasteiger partial charge in [0, 0.05) is 55.9 Å². The Morgan fingerprint density at radius 1 is 1.03 bits per heavy atom. The number of nitrogens with one attached hydrogen (secondary N) is 1. The molecule has 3 heterocycles. The number of benzene rings is 1. The maximum atomic E-state index is 11.7. The van der Waals surface area contributed by atoms with Crippen molar-refractivity contribution in [3.8, 4) is 5.75 Å². The summed E-state index contributed by atoms with van der Waals surface area (Å²) in [6.07, 6.45) is 7.36. The fourth-order valence-corrected chi connectivity index (χ4v) is 3.58. The average molecular weight is 415 g/mol. The van der Waals surface area contributed by atoms with Gasteiger partial charge in [0.15, 0.2) is 0 Å². The summed E-state index contributed by atoms with van der Waals surface area (Å²) in [5.41, 5.74) is 4.42. The summed E-state index contributed by atoms with van der Waals surface area (Å²) in [6.45, 7) is 2.03. The van der Waals surface area contributed by atoms with Crippen LogP contribution in [0.3, 0.4) is 0 Å². The smallest absolute Gasteiger partial charge is 0.250 e. The van der Waals surface area contributed by atoms with Gasteiger partial charge in [0.2, 0.25) is 0 Å². The summed E-state index contributed by atoms with van der Waals surface area (Å²) in [5.74, 6) is 0.798. The highest BCUT2D eigenvalue weighted by molar-refractivity contribution is 5.80. The zero-order chi connectivity index (χ0) is 21.5. The molecule has 0 aliphatic carbocycles. The molecule has 6 nitrogen and oxygen atoms in total. The first-order valence-electron chi connectivity index (χ1n) is 10.5. The number of aryl methyl sites for hydroxylation is 3. The van der Waals surface area contributed by atoms with Gasteiger partial charge in [-0.15, -0.1) is 0 Å². The van der Waals surface area contributed by atoms with Crippen LogP contribution in [0.5, 0.6) is 5.75 Å². The highest BCUT2D eigenvalue weighted by Crippen LogP contribution is 2.19. The molecule has 0 saturated heterocycles. The molecule has 1 N–H and O–H groups in total. The monoisotopic (exact) mass is 414 g/mol. The van der Waals surface area contributed by atoms with E-state index in [4.69, 9.17) is 4.74 Å². The van der Waals surface area contributed by atoms with Crippen LogP contribution in [0.25, 0.3) is 10.9 Å². The number of aromatic nitrogens is 3. The van der Waals surface area contributed by atoms with E-state index in [0.717, 1.165) is 48.3 Å². The van der Waals surface area contributed by atoms with Crippen LogP contribution >= 0.6 is 0 Å². The highest BCUT2D eigenvalue weighted by atomic mass is 16.5. The van der Waals surface area contributed by atoms with Crippen molar-refractivity contribution in [3.05, 3.63) is 100 Å². The van der Waals surface area contributed by atoms with Crippen LogP contribution < -0.4 is 15.6 Å². The summed E-state index contributed by atoms with van der Waals surface area (Å²) in [7, 11) is 1.78. The van der Waals surface area contributed by atoms with Crippen molar-refractivity contribution in [2.24, 2.45) is 7.05 Å². The number of nitrogens with zero attached hydrogens (tertiary/aromatic N) is 3. The summed E-state index contributed by atoms with van der Waals surface area (Å²) in [4.78, 5) is 20.5. The lowest BCUT2D eigenvalue weighted by atomic mass is 10.1. The second kappa shape index (κ2) is 10.00. The minimum absolute atomic E-state index is 0.0134. The van der Waals surface area contributed by atoms with Gasteiger partial charge in [-0.2, -0.15) is 0 Å². The average Bonchev–Trinajstić information content (AvgIpc) is 2.81. The topological polar surface area (TPSA) is 69.0 Å². The Morgan fingerprint density at radius 2 is 1.94 bits per heavy atom. The highest BCUT2D eigenvalue weighted by Gasteiger charge is 2.05. The summed E-state index contributed by atoms with van der Waals surface area (Å²) in [6, 6.07) is 17.3. The largest absolute Gasteiger partial charge is 0.492 e. The molecule has 0 saturated carbocycles. The zero-order valence-electron chi connectivity index (χ0n) is 17.6. The Kier molecular flexibility index (Phi) is 6.69. The minimum atomic E-state index is -0.0134. The normalized spacial score (nSPS) is 11.0. The molecule has 0 amide bonds. The third-order valence-corrected chi connectivity index (χ3v) is 5.32. The van der Waals surface area contributed by atoms with Gasteiger partial charge in [0.05, 0.1) is 5.52 Å². The lowest BCUT2D eigenvalue weighted by Gasteiger charge is -2.11. The molecule has 158 valence electrons. The third-order valence-electron chi connectivity index (χ3n) is 5.32. The van der Waals surface area contributed by atoms with Crippen molar-refractivity contribution in [3.63, 3.8) is 0 Å². The van der Waals surface area contributed by atoms with Crippen LogP contribution in [0, 0.1) is 0 Å². The van der Waals surface area contributed by atoms with E-state index < -0.39 is 0 Å². The van der Waals surface area contributed by atoms with Gasteiger partial charge < -0.3 is 14.6 Å². The van der Waals surface area contributed by atoms with E-state index in [1.807, 2.05) is 48.8 Å². The Balaban J connectivity index is 1.27. The van der Waals surface area contributed by atoms with Crippen molar-refractivity contribution in [2.45, 2.75) is 19.4 Å². The molecule has 0 fully saturated rings. The first-order chi connectivity index (χ1) is 15.2. The number of pyridine rings is 3. The van der Waals surface area contributed by atoms with E-state index in [0.29, 0.717) is 6.61 Å². The molecule has 0 spiro atoms. The molecule has 0 atom stereocenters. The molecular weight excluding hydrogens is 388 g/mol. The van der Waals surface area contributed by atoms with E-state index in [1.54, 1.807) is 23.9 Å². The molecule has 31 heavy (non-hydrogen) atoms. The molecular formula is C25H26N4O2. The molecule has 0 aliphatic rings. The number of ether oxygens (including phenoxy) is 1. The van der Waals surface area contributed by atoms with Crippen molar-refractivity contribution in [2.75, 3.05) is 13.2 Å². The van der Waals surface area contributed by atoms with E-state index in [-0.39, 0.29) is 5.56 Å². The summed E-state index contributed by atoms with van der Waals surface area (Å²) < 4.78 is 7.52. The zero-order valence-corrected chi connectivity index (χ0v) is 17.6. The van der Waals surface area contributed by atoms with Crippen LogP contribution in [-0.2, 0) is 26.4 Å². The van der Waals surface area contributed by atoms with Gasteiger partial charge >= 0.3 is 0 Å². The first kappa shape index (κ1) is 20.8. The van der Waals surface area contributed by atoms with Gasteiger partial charge in [0.25, 0.3) is 5.56 Å². The van der Waals surface area contributed by atoms with Crippen molar-refractivity contribution >= 4 is 10.9 Å². The number of hydrogen-bond acceptors (Lipinski definition) is 5. The van der Waals surface area contributed by atoms with Gasteiger partial charge in [0.1, 0.15) is 12.4 Å². The first-order valence-corrected chi connectivity index (χ1v) is 10.5. The molecule has 0 bridgehead atoms. The number of rotatable bonds is 9. The Bertz CT molecular complexity index is 1210.